The van der Waals surface area contributed by atoms with Gasteiger partial charge in [0, 0.05) is 30.9 Å². The monoisotopic (exact) mass is 612 g/mol. The molecular weight excluding hydrogens is 585 g/mol. The number of anilines is 1. The van der Waals surface area contributed by atoms with Crippen molar-refractivity contribution in [2.75, 3.05) is 12.4 Å². The number of carboxylic acid groups (broad SMARTS) is 1. The van der Waals surface area contributed by atoms with Gasteiger partial charge in [0.2, 0.25) is 11.8 Å². The number of allylic oxidation sites excluding steroid dienone is 1. The Morgan fingerprint density at radius 2 is 1.93 bits per heavy atom. The summed E-state index contributed by atoms with van der Waals surface area (Å²) in [6, 6.07) is 6.81. The van der Waals surface area contributed by atoms with Crippen LogP contribution in [0.5, 0.6) is 5.75 Å². The minimum absolute atomic E-state index is 0.0123. The molecule has 15 heteroatoms. The van der Waals surface area contributed by atoms with Gasteiger partial charge < -0.3 is 35.3 Å². The Hall–Kier alpha value is -5.60. The number of carbonyl (C=O) groups is 3. The molecule has 4 aromatic rings. The Balaban J connectivity index is 1.50. The van der Waals surface area contributed by atoms with Crippen LogP contribution in [0.2, 0.25) is 0 Å². The lowest BCUT2D eigenvalue weighted by molar-refractivity contribution is -0.118. The van der Waals surface area contributed by atoms with E-state index in [1.165, 1.54) is 48.2 Å². The van der Waals surface area contributed by atoms with Gasteiger partial charge in [0.05, 0.1) is 12.1 Å². The van der Waals surface area contributed by atoms with Crippen molar-refractivity contribution < 1.29 is 37.4 Å². The molecule has 0 aliphatic carbocycles. The van der Waals surface area contributed by atoms with Gasteiger partial charge in [0.1, 0.15) is 47.1 Å². The van der Waals surface area contributed by atoms with Gasteiger partial charge in [-0.15, -0.1) is 0 Å². The van der Waals surface area contributed by atoms with Crippen LogP contribution in [0.1, 0.15) is 24.2 Å². The van der Waals surface area contributed by atoms with Gasteiger partial charge in [-0.3, -0.25) is 14.4 Å². The Bertz CT molecular complexity index is 1790. The van der Waals surface area contributed by atoms with Gasteiger partial charge in [-0.2, -0.15) is 0 Å². The van der Waals surface area contributed by atoms with Crippen LogP contribution < -0.4 is 26.2 Å². The molecule has 2 heterocycles. The van der Waals surface area contributed by atoms with E-state index in [1.54, 1.807) is 0 Å². The van der Waals surface area contributed by atoms with E-state index in [1.807, 2.05) is 0 Å². The maximum absolute atomic E-state index is 14.3. The number of likely N-dealkylation sites (N-methyl/N-ethyl adjacent to an activating group) is 1. The molecule has 0 saturated carbocycles. The second-order valence-electron chi connectivity index (χ2n) is 9.45. The molecule has 0 aliphatic rings. The number of carbonyl (C=O) groups excluding carboxylic acids is 2. The van der Waals surface area contributed by atoms with Crippen molar-refractivity contribution in [3.8, 4) is 5.75 Å². The molecule has 44 heavy (non-hydrogen) atoms. The molecule has 1 atom stereocenters. The normalized spacial score (nSPS) is 11.8. The first kappa shape index (κ1) is 31.3. The summed E-state index contributed by atoms with van der Waals surface area (Å²) in [5, 5.41) is 16.1. The third-order valence-corrected chi connectivity index (χ3v) is 6.31. The van der Waals surface area contributed by atoms with E-state index in [0.29, 0.717) is 6.07 Å². The fourth-order valence-electron chi connectivity index (χ4n) is 4.17. The standard InChI is InChI=1S/C29H27F3N6O6/c1-33-25(39)7-3-2-5-20(36-29(42)43)27(40)35-21-6-4-10-38(28(21)41)14-24-34-22-12-18(31)13-23(26(22)37-24)44-15-16-8-9-17(30)11-19(16)32/h3-4,6-13,20,36H,2,5,14-15H2,1H3,(H,33,39)(H,34,37)(H,35,40)(H,42,43)/b7-3+/t20-/m0/s1. The third kappa shape index (κ3) is 8.02. The zero-order valence-electron chi connectivity index (χ0n) is 23.2. The number of hydrogen-bond donors (Lipinski definition) is 5. The number of aromatic amines is 1. The van der Waals surface area contributed by atoms with Gasteiger partial charge in [0.15, 0.2) is 5.75 Å². The number of nitrogens with one attached hydrogen (secondary N) is 4. The highest BCUT2D eigenvalue weighted by Crippen LogP contribution is 2.27. The fourth-order valence-corrected chi connectivity index (χ4v) is 4.17. The number of halogens is 3. The van der Waals surface area contributed by atoms with E-state index in [4.69, 9.17) is 9.84 Å². The molecule has 0 unspecified atom stereocenters. The third-order valence-electron chi connectivity index (χ3n) is 6.31. The van der Waals surface area contributed by atoms with Crippen LogP contribution in [0.15, 0.2) is 65.6 Å². The zero-order valence-corrected chi connectivity index (χ0v) is 23.2. The molecule has 3 amide bonds. The molecule has 2 aromatic carbocycles. The topological polar surface area (TPSA) is 167 Å². The Labute approximate surface area is 247 Å². The molecule has 0 spiro atoms. The number of ether oxygens (including phenoxy) is 1. The summed E-state index contributed by atoms with van der Waals surface area (Å²) in [7, 11) is 1.45. The number of H-pyrrole nitrogens is 1. The Kier molecular flexibility index (Phi) is 10.0. The molecule has 0 fully saturated rings. The van der Waals surface area contributed by atoms with Crippen molar-refractivity contribution in [1.82, 2.24) is 25.2 Å². The number of benzene rings is 2. The van der Waals surface area contributed by atoms with Crippen LogP contribution in [0.25, 0.3) is 11.0 Å². The number of fused-ring (bicyclic) bond motifs is 1. The first-order chi connectivity index (χ1) is 21.0. The summed E-state index contributed by atoms with van der Waals surface area (Å²) in [4.78, 5) is 55.8. The zero-order chi connectivity index (χ0) is 31.8. The first-order valence-corrected chi connectivity index (χ1v) is 13.2. The predicted octanol–water partition coefficient (Wildman–Crippen LogP) is 3.43. The Morgan fingerprint density at radius 1 is 1.14 bits per heavy atom. The van der Waals surface area contributed by atoms with Crippen LogP contribution in [0.4, 0.5) is 23.7 Å². The van der Waals surface area contributed by atoms with Gasteiger partial charge in [-0.05, 0) is 49.2 Å². The van der Waals surface area contributed by atoms with E-state index < -0.39 is 41.1 Å². The lowest BCUT2D eigenvalue weighted by Crippen LogP contribution is -2.44. The molecule has 0 aliphatic heterocycles. The van der Waals surface area contributed by atoms with Crippen molar-refractivity contribution in [1.29, 1.82) is 0 Å². The lowest BCUT2D eigenvalue weighted by atomic mass is 10.1. The molecule has 5 N–H and O–H groups in total. The van der Waals surface area contributed by atoms with Crippen molar-refractivity contribution >= 4 is 34.6 Å². The van der Waals surface area contributed by atoms with Crippen LogP contribution >= 0.6 is 0 Å². The van der Waals surface area contributed by atoms with Crippen LogP contribution in [0.3, 0.4) is 0 Å². The van der Waals surface area contributed by atoms with Gasteiger partial charge in [-0.25, -0.2) is 22.9 Å². The number of aromatic nitrogens is 3. The van der Waals surface area contributed by atoms with Crippen LogP contribution in [-0.2, 0) is 22.7 Å². The highest BCUT2D eigenvalue weighted by molar-refractivity contribution is 5.96. The fraction of sp³-hybridized carbons (Fsp3) is 0.207. The lowest BCUT2D eigenvalue weighted by Gasteiger charge is -2.16. The largest absolute Gasteiger partial charge is 0.486 e. The summed E-state index contributed by atoms with van der Waals surface area (Å²) in [6.45, 7) is -0.456. The molecule has 0 saturated heterocycles. The molecule has 0 radical (unpaired) electrons. The maximum atomic E-state index is 14.3. The average molecular weight is 613 g/mol. The van der Waals surface area contributed by atoms with E-state index in [2.05, 4.69) is 25.9 Å². The SMILES string of the molecule is CNC(=O)/C=C/CC[C@H](NC(=O)O)C(=O)Nc1cccn(Cc2nc3c(OCc4ccc(F)cc4F)cc(F)cc3[nH]2)c1=O. The predicted molar refractivity (Wildman–Crippen MR) is 153 cm³/mol. The number of amides is 3. The number of pyridine rings is 1. The minimum atomic E-state index is -1.45. The first-order valence-electron chi connectivity index (χ1n) is 13.2. The second-order valence-corrected chi connectivity index (χ2v) is 9.45. The highest BCUT2D eigenvalue weighted by atomic mass is 19.1. The summed E-state index contributed by atoms with van der Waals surface area (Å²) >= 11 is 0. The summed E-state index contributed by atoms with van der Waals surface area (Å²) < 4.78 is 48.4. The van der Waals surface area contributed by atoms with Crippen molar-refractivity contribution in [2.24, 2.45) is 0 Å². The van der Waals surface area contributed by atoms with Gasteiger partial charge in [0.25, 0.3) is 5.56 Å². The number of imidazole rings is 1. The molecule has 2 aromatic heterocycles. The number of nitrogens with zero attached hydrogens (tertiary/aromatic N) is 2. The van der Waals surface area contributed by atoms with E-state index >= 15 is 0 Å². The van der Waals surface area contributed by atoms with E-state index in [9.17, 15) is 32.3 Å². The molecular formula is C29H27F3N6O6. The van der Waals surface area contributed by atoms with Crippen molar-refractivity contribution in [3.63, 3.8) is 0 Å². The quantitative estimate of drug-likeness (QED) is 0.153. The second kappa shape index (κ2) is 14.0. The number of hydrogen-bond acceptors (Lipinski definition) is 6. The molecule has 12 nitrogen and oxygen atoms in total. The molecule has 230 valence electrons. The van der Waals surface area contributed by atoms with E-state index in [-0.39, 0.29) is 65.8 Å². The van der Waals surface area contributed by atoms with Crippen molar-refractivity contribution in [2.45, 2.75) is 32.0 Å². The van der Waals surface area contributed by atoms with E-state index in [0.717, 1.165) is 18.2 Å². The molecule has 0 bridgehead atoms. The smallest absolute Gasteiger partial charge is 0.405 e. The van der Waals surface area contributed by atoms with Crippen LogP contribution in [-0.4, -0.2) is 50.6 Å². The Morgan fingerprint density at radius 3 is 2.66 bits per heavy atom. The summed E-state index contributed by atoms with van der Waals surface area (Å²) in [6.07, 6.45) is 2.92. The number of rotatable bonds is 12. The van der Waals surface area contributed by atoms with Crippen molar-refractivity contribution in [3.05, 3.63) is 100 Å². The van der Waals surface area contributed by atoms with Gasteiger partial charge in [-0.1, -0.05) is 6.08 Å². The maximum Gasteiger partial charge on any atom is 0.405 e. The summed E-state index contributed by atoms with van der Waals surface area (Å²) in [5.41, 5.74) is -0.284. The average Bonchev–Trinajstić information content (AvgIpc) is 3.38. The minimum Gasteiger partial charge on any atom is -0.486 e. The highest BCUT2D eigenvalue weighted by Gasteiger charge is 2.21. The van der Waals surface area contributed by atoms with Crippen LogP contribution in [0, 0.1) is 17.5 Å². The van der Waals surface area contributed by atoms with Gasteiger partial charge >= 0.3 is 6.09 Å². The molecule has 4 rings (SSSR count). The summed E-state index contributed by atoms with van der Waals surface area (Å²) in [5.74, 6) is -3.18.